The Hall–Kier alpha value is 0.520. The van der Waals surface area contributed by atoms with E-state index in [0.29, 0.717) is 6.10 Å². The lowest BCUT2D eigenvalue weighted by Crippen LogP contribution is -3.00. The first-order valence-electron chi connectivity index (χ1n) is 8.49. The van der Waals surface area contributed by atoms with Gasteiger partial charge in [-0.3, -0.25) is 0 Å². The summed E-state index contributed by atoms with van der Waals surface area (Å²) >= 11 is 1.93. The fraction of sp³-hybridized carbons (Fsp3) is 1.00. The predicted molar refractivity (Wildman–Crippen MR) is 94.7 cm³/mol. The molecule has 0 saturated carbocycles. The summed E-state index contributed by atoms with van der Waals surface area (Å²) in [5.74, 6) is 3.08. The molecular formula is C17H38ClNO2S. The Bertz CT molecular complexity index is 231. The van der Waals surface area contributed by atoms with Gasteiger partial charge in [-0.15, -0.1) is 11.8 Å². The molecule has 0 aliphatic carbocycles. The van der Waals surface area contributed by atoms with Crippen molar-refractivity contribution < 1.29 is 26.7 Å². The molecule has 1 aliphatic rings. The van der Waals surface area contributed by atoms with E-state index in [-0.39, 0.29) is 19.0 Å². The van der Waals surface area contributed by atoms with Crippen LogP contribution in [-0.2, 0) is 4.74 Å². The number of nitrogens with zero attached hydrogens (tertiary/aromatic N) is 1. The van der Waals surface area contributed by atoms with Crippen LogP contribution < -0.4 is 12.4 Å². The van der Waals surface area contributed by atoms with Gasteiger partial charge in [0.05, 0.1) is 39.8 Å². The zero-order chi connectivity index (χ0) is 16.1. The van der Waals surface area contributed by atoms with Crippen molar-refractivity contribution in [1.82, 2.24) is 0 Å². The first-order valence-corrected chi connectivity index (χ1v) is 9.65. The molecule has 0 aromatic heterocycles. The lowest BCUT2D eigenvalue weighted by Gasteiger charge is -2.24. The Morgan fingerprint density at radius 1 is 1.27 bits per heavy atom. The van der Waals surface area contributed by atoms with Gasteiger partial charge in [-0.25, -0.2) is 0 Å². The summed E-state index contributed by atoms with van der Waals surface area (Å²) in [4.78, 5) is 0. The van der Waals surface area contributed by atoms with Crippen LogP contribution in [0.15, 0.2) is 0 Å². The first-order chi connectivity index (χ1) is 9.89. The molecule has 1 heterocycles. The van der Waals surface area contributed by atoms with Crippen molar-refractivity contribution in [3.8, 4) is 0 Å². The molecule has 0 amide bonds. The molecule has 2 unspecified atom stereocenters. The van der Waals surface area contributed by atoms with E-state index < -0.39 is 0 Å². The van der Waals surface area contributed by atoms with Crippen LogP contribution in [0.4, 0.5) is 0 Å². The second-order valence-electron chi connectivity index (χ2n) is 7.18. The first kappa shape index (κ1) is 24.8. The van der Waals surface area contributed by atoms with Crippen LogP contribution >= 0.6 is 11.8 Å². The highest BCUT2D eigenvalue weighted by atomic mass is 35.5. The largest absolute Gasteiger partial charge is 1.00 e. The van der Waals surface area contributed by atoms with Gasteiger partial charge in [-0.2, -0.15) is 0 Å². The number of ether oxygens (including phenoxy) is 1. The molecule has 3 nitrogen and oxygen atoms in total. The lowest BCUT2D eigenvalue weighted by atomic mass is 9.96. The minimum absolute atomic E-state index is 0. The van der Waals surface area contributed by atoms with Gasteiger partial charge >= 0.3 is 0 Å². The Kier molecular flexibility index (Phi) is 17.0. The number of aliphatic hydroxyl groups is 1. The molecule has 22 heavy (non-hydrogen) atoms. The van der Waals surface area contributed by atoms with Gasteiger partial charge in [0.2, 0.25) is 0 Å². The highest BCUT2D eigenvalue weighted by Gasteiger charge is 2.16. The molecule has 1 saturated heterocycles. The zero-order valence-electron chi connectivity index (χ0n) is 15.3. The van der Waals surface area contributed by atoms with Gasteiger partial charge in [0.25, 0.3) is 0 Å². The summed E-state index contributed by atoms with van der Waals surface area (Å²) in [5.41, 5.74) is 0. The lowest BCUT2D eigenvalue weighted by molar-refractivity contribution is -0.870. The van der Waals surface area contributed by atoms with E-state index in [4.69, 9.17) is 9.84 Å². The molecule has 2 atom stereocenters. The number of halogens is 1. The molecule has 1 aliphatic heterocycles. The normalized spacial score (nSPS) is 19.6. The van der Waals surface area contributed by atoms with Crippen molar-refractivity contribution in [2.24, 2.45) is 5.92 Å². The number of unbranched alkanes of at least 4 members (excludes halogenated alkanes) is 2. The maximum absolute atomic E-state index is 8.39. The van der Waals surface area contributed by atoms with E-state index in [9.17, 15) is 0 Å². The molecule has 1 N–H and O–H groups in total. The van der Waals surface area contributed by atoms with Gasteiger partial charge in [0.1, 0.15) is 6.54 Å². The number of likely N-dealkylation sites (N-methyl/N-ethyl adjacent to an activating group) is 1. The van der Waals surface area contributed by atoms with Gasteiger partial charge in [-0.05, 0) is 24.5 Å². The molecule has 0 spiro atoms. The fourth-order valence-corrected chi connectivity index (χ4v) is 3.13. The quantitative estimate of drug-likeness (QED) is 0.515. The summed E-state index contributed by atoms with van der Waals surface area (Å²) in [6.45, 7) is 5.76. The molecule has 1 fully saturated rings. The highest BCUT2D eigenvalue weighted by Crippen LogP contribution is 2.23. The van der Waals surface area contributed by atoms with E-state index in [1.807, 2.05) is 11.8 Å². The number of rotatable bonds is 8. The van der Waals surface area contributed by atoms with Crippen LogP contribution in [0, 0.1) is 5.92 Å². The van der Waals surface area contributed by atoms with E-state index in [1.165, 1.54) is 44.3 Å². The summed E-state index contributed by atoms with van der Waals surface area (Å²) in [6.07, 6.45) is 8.63. The summed E-state index contributed by atoms with van der Waals surface area (Å²) in [7, 11) is 6.16. The van der Waals surface area contributed by atoms with Crippen LogP contribution in [0.2, 0.25) is 0 Å². The number of hydrogen-bond donors (Lipinski definition) is 1. The Labute approximate surface area is 149 Å². The van der Waals surface area contributed by atoms with Crippen molar-refractivity contribution >= 4 is 11.8 Å². The minimum Gasteiger partial charge on any atom is -1.00 e. The van der Waals surface area contributed by atoms with Gasteiger partial charge in [-0.1, -0.05) is 39.5 Å². The van der Waals surface area contributed by atoms with E-state index >= 15 is 0 Å². The third-order valence-electron chi connectivity index (χ3n) is 3.71. The molecular weight excluding hydrogens is 318 g/mol. The second-order valence-corrected chi connectivity index (χ2v) is 8.23. The molecule has 0 aromatic rings. The molecule has 5 heteroatoms. The van der Waals surface area contributed by atoms with Crippen molar-refractivity contribution in [1.29, 1.82) is 0 Å². The number of thioether (sulfide) groups is 1. The smallest absolute Gasteiger partial charge is 0.101 e. The highest BCUT2D eigenvalue weighted by molar-refractivity contribution is 7.99. The van der Waals surface area contributed by atoms with Gasteiger partial charge in [0, 0.05) is 0 Å². The Morgan fingerprint density at radius 3 is 2.36 bits per heavy atom. The monoisotopic (exact) mass is 355 g/mol. The average Bonchev–Trinajstić information content (AvgIpc) is 2.39. The van der Waals surface area contributed by atoms with Crippen LogP contribution in [0.3, 0.4) is 0 Å². The van der Waals surface area contributed by atoms with Crippen LogP contribution in [-0.4, -0.2) is 61.7 Å². The van der Waals surface area contributed by atoms with Crippen molar-refractivity contribution in [2.45, 2.75) is 58.5 Å². The topological polar surface area (TPSA) is 29.5 Å². The third kappa shape index (κ3) is 16.9. The van der Waals surface area contributed by atoms with Crippen molar-refractivity contribution in [2.75, 3.05) is 46.0 Å². The van der Waals surface area contributed by atoms with E-state index in [0.717, 1.165) is 22.9 Å². The number of aliphatic hydroxyl groups excluding tert-OH is 1. The van der Waals surface area contributed by atoms with Crippen molar-refractivity contribution in [3.05, 3.63) is 0 Å². The van der Waals surface area contributed by atoms with E-state index in [1.54, 1.807) is 0 Å². The standard InChI is InChI=1S/C12H24OS.C5H14NO.ClH/c1-3-4-5-6-11(2)9-12-7-8-14-10-13-12;1-6(2,3)4-5-7;/h11-12H,3-10H2,1-2H3;7H,4-5H2,1-3H3;1H/q;+1;/p-1. The summed E-state index contributed by atoms with van der Waals surface area (Å²) < 4.78 is 6.56. The fourth-order valence-electron chi connectivity index (χ4n) is 2.30. The summed E-state index contributed by atoms with van der Waals surface area (Å²) in [6, 6.07) is 0. The SMILES string of the molecule is CCCCCC(C)CC1CCSCO1.C[N+](C)(C)CCO.[Cl-]. The average molecular weight is 356 g/mol. The summed E-state index contributed by atoms with van der Waals surface area (Å²) in [5, 5.41) is 8.39. The van der Waals surface area contributed by atoms with Crippen molar-refractivity contribution in [3.63, 3.8) is 0 Å². The molecule has 0 aromatic carbocycles. The third-order valence-corrected chi connectivity index (χ3v) is 4.53. The van der Waals surface area contributed by atoms with E-state index in [2.05, 4.69) is 35.0 Å². The zero-order valence-corrected chi connectivity index (χ0v) is 16.9. The Balaban J connectivity index is 0. The number of hydrogen-bond acceptors (Lipinski definition) is 3. The molecule has 0 bridgehead atoms. The molecule has 1 rings (SSSR count). The van der Waals surface area contributed by atoms with Crippen LogP contribution in [0.25, 0.3) is 0 Å². The van der Waals surface area contributed by atoms with Crippen LogP contribution in [0.1, 0.15) is 52.4 Å². The van der Waals surface area contributed by atoms with Gasteiger partial charge in [0.15, 0.2) is 0 Å². The Morgan fingerprint density at radius 2 is 1.95 bits per heavy atom. The van der Waals surface area contributed by atoms with Crippen LogP contribution in [0.5, 0.6) is 0 Å². The molecule has 0 radical (unpaired) electrons. The maximum Gasteiger partial charge on any atom is 0.101 e. The molecule has 136 valence electrons. The minimum atomic E-state index is 0. The number of quaternary nitrogens is 1. The maximum atomic E-state index is 8.39. The predicted octanol–water partition coefficient (Wildman–Crippen LogP) is 0.761. The second kappa shape index (κ2) is 15.1. The van der Waals surface area contributed by atoms with Gasteiger partial charge < -0.3 is 26.7 Å².